The fourth-order valence-corrected chi connectivity index (χ4v) is 1.78. The molecule has 2 atom stereocenters. The van der Waals surface area contributed by atoms with Gasteiger partial charge in [0.15, 0.2) is 0 Å². The summed E-state index contributed by atoms with van der Waals surface area (Å²) in [7, 11) is 0. The van der Waals surface area contributed by atoms with Crippen LogP contribution in [0.15, 0.2) is 0 Å². The predicted octanol–water partition coefficient (Wildman–Crippen LogP) is -0.670. The maximum Gasteiger partial charge on any atom is 0.222 e. The molecule has 1 saturated heterocycles. The highest BCUT2D eigenvalue weighted by Crippen LogP contribution is 2.07. The highest BCUT2D eigenvalue weighted by atomic mass is 16.3. The van der Waals surface area contributed by atoms with Gasteiger partial charge in [-0.1, -0.05) is 0 Å². The summed E-state index contributed by atoms with van der Waals surface area (Å²) in [6.07, 6.45) is 0.152. The number of nitrogens with zero attached hydrogens (tertiary/aromatic N) is 1. The van der Waals surface area contributed by atoms with Crippen LogP contribution in [-0.2, 0) is 4.79 Å². The third-order valence-electron chi connectivity index (χ3n) is 2.92. The van der Waals surface area contributed by atoms with Crippen LogP contribution < -0.4 is 5.32 Å². The van der Waals surface area contributed by atoms with Gasteiger partial charge in [-0.3, -0.25) is 4.79 Å². The molecule has 0 aliphatic carbocycles. The van der Waals surface area contributed by atoms with Gasteiger partial charge in [0.05, 0.1) is 12.2 Å². The molecule has 94 valence electrons. The van der Waals surface area contributed by atoms with Gasteiger partial charge in [-0.05, 0) is 19.8 Å². The summed E-state index contributed by atoms with van der Waals surface area (Å²) in [5.74, 6) is 0.152. The van der Waals surface area contributed by atoms with Crippen LogP contribution in [0.5, 0.6) is 0 Å². The minimum atomic E-state index is -0.714. The molecule has 1 amide bonds. The van der Waals surface area contributed by atoms with E-state index in [1.54, 1.807) is 6.92 Å². The van der Waals surface area contributed by atoms with Gasteiger partial charge in [0.2, 0.25) is 5.91 Å². The van der Waals surface area contributed by atoms with Crippen molar-refractivity contribution >= 4 is 5.91 Å². The van der Waals surface area contributed by atoms with Gasteiger partial charge >= 0.3 is 0 Å². The van der Waals surface area contributed by atoms with Gasteiger partial charge in [-0.25, -0.2) is 0 Å². The quantitative estimate of drug-likeness (QED) is 0.586. The monoisotopic (exact) mass is 230 g/mol. The van der Waals surface area contributed by atoms with Crippen LogP contribution in [0.25, 0.3) is 0 Å². The summed E-state index contributed by atoms with van der Waals surface area (Å²) in [6.45, 7) is 4.84. The smallest absolute Gasteiger partial charge is 0.222 e. The Kier molecular flexibility index (Phi) is 5.73. The lowest BCUT2D eigenvalue weighted by atomic mass is 10.1. The molecule has 0 aromatic carbocycles. The third-order valence-corrected chi connectivity index (χ3v) is 2.92. The van der Waals surface area contributed by atoms with E-state index in [1.165, 1.54) is 0 Å². The molecule has 0 aromatic heterocycles. The van der Waals surface area contributed by atoms with Crippen molar-refractivity contribution in [2.45, 2.75) is 38.4 Å². The number of aliphatic hydroxyl groups is 2. The summed E-state index contributed by atoms with van der Waals surface area (Å²) in [4.78, 5) is 13.6. The number of hydrogen-bond acceptors (Lipinski definition) is 4. The predicted molar refractivity (Wildman–Crippen MR) is 61.0 cm³/mol. The molecule has 0 saturated carbocycles. The third kappa shape index (κ3) is 4.47. The van der Waals surface area contributed by atoms with Crippen LogP contribution in [0.2, 0.25) is 0 Å². The first-order valence-electron chi connectivity index (χ1n) is 5.96. The molecule has 5 heteroatoms. The number of carbonyl (C=O) groups is 1. The highest BCUT2D eigenvalue weighted by Gasteiger charge is 2.17. The second kappa shape index (κ2) is 6.83. The summed E-state index contributed by atoms with van der Waals surface area (Å²) in [6, 6.07) is 0. The molecule has 0 bridgehead atoms. The molecular formula is C11H22N2O3. The number of carbonyl (C=O) groups excluding carboxylic acids is 1. The van der Waals surface area contributed by atoms with Gasteiger partial charge in [0, 0.05) is 32.6 Å². The van der Waals surface area contributed by atoms with Crippen molar-refractivity contribution in [3.63, 3.8) is 0 Å². The number of piperazine rings is 1. The Morgan fingerprint density at radius 1 is 1.38 bits per heavy atom. The average molecular weight is 230 g/mol. The molecule has 1 aliphatic rings. The standard InChI is InChI=1S/C11H22N2O3/c1-9(14)10(15)3-2-4-11(16)13-7-5-12-6-8-13/h9-10,12,14-15H,2-8H2,1H3. The van der Waals surface area contributed by atoms with Gasteiger partial charge < -0.3 is 20.4 Å². The fraction of sp³-hybridized carbons (Fsp3) is 0.909. The highest BCUT2D eigenvalue weighted by molar-refractivity contribution is 5.76. The van der Waals surface area contributed by atoms with Crippen LogP contribution in [0.3, 0.4) is 0 Å². The van der Waals surface area contributed by atoms with Crippen molar-refractivity contribution in [1.82, 2.24) is 10.2 Å². The summed E-state index contributed by atoms with van der Waals surface area (Å²) >= 11 is 0. The molecule has 1 aliphatic heterocycles. The van der Waals surface area contributed by atoms with Gasteiger partial charge in [-0.15, -0.1) is 0 Å². The summed E-state index contributed by atoms with van der Waals surface area (Å²) in [5, 5.41) is 21.6. The number of rotatable bonds is 5. The molecule has 1 fully saturated rings. The van der Waals surface area contributed by atoms with E-state index in [1.807, 2.05) is 4.90 Å². The number of amides is 1. The minimum absolute atomic E-state index is 0.152. The van der Waals surface area contributed by atoms with Crippen molar-refractivity contribution in [3.05, 3.63) is 0 Å². The van der Waals surface area contributed by atoms with Crippen LogP contribution in [-0.4, -0.2) is 59.4 Å². The van der Waals surface area contributed by atoms with Crippen molar-refractivity contribution in [2.75, 3.05) is 26.2 Å². The lowest BCUT2D eigenvalue weighted by molar-refractivity contribution is -0.132. The zero-order valence-corrected chi connectivity index (χ0v) is 9.85. The molecule has 5 nitrogen and oxygen atoms in total. The minimum Gasteiger partial charge on any atom is -0.391 e. The average Bonchev–Trinajstić information content (AvgIpc) is 2.29. The molecule has 0 spiro atoms. The van der Waals surface area contributed by atoms with Crippen molar-refractivity contribution in [1.29, 1.82) is 0 Å². The fourth-order valence-electron chi connectivity index (χ4n) is 1.78. The maximum atomic E-state index is 11.7. The molecule has 16 heavy (non-hydrogen) atoms. The first-order chi connectivity index (χ1) is 7.61. The topological polar surface area (TPSA) is 72.8 Å². The van der Waals surface area contributed by atoms with Crippen molar-refractivity contribution in [3.8, 4) is 0 Å². The second-order valence-electron chi connectivity index (χ2n) is 4.33. The van der Waals surface area contributed by atoms with Crippen LogP contribution in [0.4, 0.5) is 0 Å². The first kappa shape index (κ1) is 13.4. The van der Waals surface area contributed by atoms with Gasteiger partial charge in [0.1, 0.15) is 0 Å². The molecule has 0 aromatic rings. The Balaban J connectivity index is 2.14. The van der Waals surface area contributed by atoms with Crippen molar-refractivity contribution in [2.24, 2.45) is 0 Å². The van der Waals surface area contributed by atoms with Crippen LogP contribution in [0, 0.1) is 0 Å². The zero-order chi connectivity index (χ0) is 12.0. The van der Waals surface area contributed by atoms with E-state index >= 15 is 0 Å². The van der Waals surface area contributed by atoms with E-state index in [0.717, 1.165) is 26.2 Å². The second-order valence-corrected chi connectivity index (χ2v) is 4.33. The van der Waals surface area contributed by atoms with E-state index in [0.29, 0.717) is 19.3 Å². The molecule has 1 rings (SSSR count). The number of hydrogen-bond donors (Lipinski definition) is 3. The summed E-state index contributed by atoms with van der Waals surface area (Å²) < 4.78 is 0. The molecule has 3 N–H and O–H groups in total. The zero-order valence-electron chi connectivity index (χ0n) is 9.85. The lowest BCUT2D eigenvalue weighted by Gasteiger charge is -2.27. The Bertz CT molecular complexity index is 215. The summed E-state index contributed by atoms with van der Waals surface area (Å²) in [5.41, 5.74) is 0. The Labute approximate surface area is 96.4 Å². The van der Waals surface area contributed by atoms with Crippen LogP contribution >= 0.6 is 0 Å². The SMILES string of the molecule is CC(O)C(O)CCCC(=O)N1CCNCC1. The maximum absolute atomic E-state index is 11.7. The Morgan fingerprint density at radius 2 is 2.00 bits per heavy atom. The Morgan fingerprint density at radius 3 is 2.56 bits per heavy atom. The lowest BCUT2D eigenvalue weighted by Crippen LogP contribution is -2.46. The van der Waals surface area contributed by atoms with E-state index in [2.05, 4.69) is 5.32 Å². The number of nitrogens with one attached hydrogen (secondary N) is 1. The van der Waals surface area contributed by atoms with Crippen molar-refractivity contribution < 1.29 is 15.0 Å². The molecule has 1 heterocycles. The van der Waals surface area contributed by atoms with E-state index < -0.39 is 12.2 Å². The van der Waals surface area contributed by atoms with Gasteiger partial charge in [0.25, 0.3) is 0 Å². The number of aliphatic hydroxyl groups excluding tert-OH is 2. The molecule has 2 unspecified atom stereocenters. The van der Waals surface area contributed by atoms with Crippen LogP contribution in [0.1, 0.15) is 26.2 Å². The van der Waals surface area contributed by atoms with E-state index in [-0.39, 0.29) is 5.91 Å². The van der Waals surface area contributed by atoms with E-state index in [9.17, 15) is 9.90 Å². The van der Waals surface area contributed by atoms with Gasteiger partial charge in [-0.2, -0.15) is 0 Å². The normalized spacial score (nSPS) is 20.6. The molecule has 0 radical (unpaired) electrons. The molecular weight excluding hydrogens is 208 g/mol. The Hall–Kier alpha value is -0.650. The largest absolute Gasteiger partial charge is 0.391 e. The first-order valence-corrected chi connectivity index (χ1v) is 5.96. The van der Waals surface area contributed by atoms with E-state index in [4.69, 9.17) is 5.11 Å².